The van der Waals surface area contributed by atoms with Crippen LogP contribution in [0.2, 0.25) is 0 Å². The maximum atomic E-state index is 11.5. The van der Waals surface area contributed by atoms with Crippen LogP contribution in [0.5, 0.6) is 0 Å². The molecule has 0 aliphatic carbocycles. The minimum absolute atomic E-state index is 0.000957. The Morgan fingerprint density at radius 3 is 2.33 bits per heavy atom. The Balaban J connectivity index is 3.55. The van der Waals surface area contributed by atoms with Crippen molar-refractivity contribution in [3.05, 3.63) is 0 Å². The number of hydroxylamine groups is 1. The van der Waals surface area contributed by atoms with Gasteiger partial charge in [-0.15, -0.1) is 0 Å². The molecule has 0 heterocycles. The molecule has 0 rings (SSSR count). The zero-order valence-corrected chi connectivity index (χ0v) is 12.1. The van der Waals surface area contributed by atoms with Gasteiger partial charge in [-0.05, 0) is 12.3 Å². The molecule has 0 spiro atoms. The topological polar surface area (TPSA) is 67.4 Å². The third-order valence-electron chi connectivity index (χ3n) is 2.15. The van der Waals surface area contributed by atoms with Crippen LogP contribution in [0.4, 0.5) is 0 Å². The number of hydrogen-bond acceptors (Lipinski definition) is 3. The van der Waals surface area contributed by atoms with Crippen molar-refractivity contribution in [2.75, 3.05) is 13.2 Å². The molecule has 18 heavy (non-hydrogen) atoms. The van der Waals surface area contributed by atoms with Crippen LogP contribution in [-0.2, 0) is 14.4 Å². The number of hydrogen-bond donors (Lipinski definition) is 2. The normalized spacial score (nSPS) is 11.4. The zero-order chi connectivity index (χ0) is 14.2. The highest BCUT2D eigenvalue weighted by Crippen LogP contribution is 2.12. The van der Waals surface area contributed by atoms with Crippen LogP contribution in [0.3, 0.4) is 0 Å². The third kappa shape index (κ3) is 8.98. The van der Waals surface area contributed by atoms with E-state index in [2.05, 4.69) is 10.8 Å². The molecular formula is C13H26N2O3. The molecule has 0 aromatic rings. The fourth-order valence-corrected chi connectivity index (χ4v) is 1.06. The molecule has 0 aromatic carbocycles. The van der Waals surface area contributed by atoms with Crippen LogP contribution in [0.25, 0.3) is 0 Å². The minimum atomic E-state index is -0.386. The van der Waals surface area contributed by atoms with Crippen LogP contribution < -0.4 is 10.8 Å². The van der Waals surface area contributed by atoms with Gasteiger partial charge in [0.15, 0.2) is 0 Å². The van der Waals surface area contributed by atoms with Gasteiger partial charge >= 0.3 is 0 Å². The molecule has 2 N–H and O–H groups in total. The van der Waals surface area contributed by atoms with E-state index in [9.17, 15) is 9.59 Å². The van der Waals surface area contributed by atoms with Gasteiger partial charge in [-0.25, -0.2) is 5.48 Å². The van der Waals surface area contributed by atoms with Gasteiger partial charge in [0.2, 0.25) is 11.8 Å². The molecule has 0 atom stereocenters. The fraction of sp³-hybridized carbons (Fsp3) is 0.846. The van der Waals surface area contributed by atoms with Crippen molar-refractivity contribution >= 4 is 11.8 Å². The summed E-state index contributed by atoms with van der Waals surface area (Å²) in [6.45, 7) is 10.6. The van der Waals surface area contributed by atoms with E-state index in [-0.39, 0.29) is 17.2 Å². The lowest BCUT2D eigenvalue weighted by molar-refractivity contribution is -0.134. The predicted molar refractivity (Wildman–Crippen MR) is 70.6 cm³/mol. The Labute approximate surface area is 110 Å². The summed E-state index contributed by atoms with van der Waals surface area (Å²) in [6.07, 6.45) is 0.960. The molecule has 0 aliphatic rings. The molecule has 0 saturated heterocycles. The molecule has 0 radical (unpaired) electrons. The highest BCUT2D eigenvalue weighted by Gasteiger charge is 2.20. The fourth-order valence-electron chi connectivity index (χ4n) is 1.06. The van der Waals surface area contributed by atoms with E-state index in [0.717, 1.165) is 0 Å². The van der Waals surface area contributed by atoms with Crippen molar-refractivity contribution < 1.29 is 14.4 Å². The van der Waals surface area contributed by atoms with Crippen molar-refractivity contribution in [2.45, 2.75) is 47.5 Å². The Bertz CT molecular complexity index is 270. The first kappa shape index (κ1) is 16.9. The standard InChI is InChI=1S/C13H26N2O3/c1-10(2)9-18-15-11(16)7-6-8-14-12(17)13(3,4)5/h10H,6-9H2,1-5H3,(H,14,17)(H,15,16). The average Bonchev–Trinajstić information content (AvgIpc) is 2.22. The smallest absolute Gasteiger partial charge is 0.243 e. The van der Waals surface area contributed by atoms with Crippen LogP contribution in [-0.4, -0.2) is 25.0 Å². The predicted octanol–water partition coefficient (Wildman–Crippen LogP) is 1.63. The molecule has 0 aromatic heterocycles. The van der Waals surface area contributed by atoms with E-state index < -0.39 is 0 Å². The van der Waals surface area contributed by atoms with E-state index in [4.69, 9.17) is 4.84 Å². The number of rotatable bonds is 7. The van der Waals surface area contributed by atoms with Gasteiger partial charge < -0.3 is 5.32 Å². The van der Waals surface area contributed by atoms with E-state index in [1.54, 1.807) is 0 Å². The minimum Gasteiger partial charge on any atom is -0.356 e. The second kappa shape index (κ2) is 8.08. The van der Waals surface area contributed by atoms with Crippen LogP contribution >= 0.6 is 0 Å². The average molecular weight is 258 g/mol. The molecular weight excluding hydrogens is 232 g/mol. The monoisotopic (exact) mass is 258 g/mol. The number of nitrogens with one attached hydrogen (secondary N) is 2. The van der Waals surface area contributed by atoms with Gasteiger partial charge in [0.25, 0.3) is 0 Å². The van der Waals surface area contributed by atoms with Crippen LogP contribution in [0, 0.1) is 11.3 Å². The van der Waals surface area contributed by atoms with Gasteiger partial charge in [-0.1, -0.05) is 34.6 Å². The third-order valence-corrected chi connectivity index (χ3v) is 2.15. The molecule has 0 bridgehead atoms. The highest BCUT2D eigenvalue weighted by atomic mass is 16.6. The van der Waals surface area contributed by atoms with E-state index in [1.807, 2.05) is 34.6 Å². The number of carbonyl (C=O) groups is 2. The Hall–Kier alpha value is -1.10. The summed E-state index contributed by atoms with van der Waals surface area (Å²) >= 11 is 0. The molecule has 0 fully saturated rings. The van der Waals surface area contributed by atoms with Crippen molar-refractivity contribution in [1.29, 1.82) is 0 Å². The van der Waals surface area contributed by atoms with Gasteiger partial charge in [0, 0.05) is 18.4 Å². The SMILES string of the molecule is CC(C)CONC(=O)CCCNC(=O)C(C)(C)C. The number of amides is 2. The van der Waals surface area contributed by atoms with Crippen molar-refractivity contribution in [1.82, 2.24) is 10.8 Å². The lowest BCUT2D eigenvalue weighted by atomic mass is 9.96. The Kier molecular flexibility index (Phi) is 7.59. The summed E-state index contributed by atoms with van der Waals surface area (Å²) in [5, 5.41) is 2.79. The summed E-state index contributed by atoms with van der Waals surface area (Å²) in [7, 11) is 0. The quantitative estimate of drug-likeness (QED) is 0.539. The molecule has 106 valence electrons. The maximum absolute atomic E-state index is 11.5. The first-order valence-corrected chi connectivity index (χ1v) is 6.42. The first-order chi connectivity index (χ1) is 8.23. The molecule has 2 amide bonds. The van der Waals surface area contributed by atoms with Gasteiger partial charge in [0.1, 0.15) is 0 Å². The van der Waals surface area contributed by atoms with E-state index in [0.29, 0.717) is 31.9 Å². The highest BCUT2D eigenvalue weighted by molar-refractivity contribution is 5.81. The number of carbonyl (C=O) groups excluding carboxylic acids is 2. The zero-order valence-electron chi connectivity index (χ0n) is 12.1. The molecule has 5 heteroatoms. The second-order valence-corrected chi connectivity index (χ2v) is 5.84. The second-order valence-electron chi connectivity index (χ2n) is 5.84. The van der Waals surface area contributed by atoms with Crippen LogP contribution in [0.15, 0.2) is 0 Å². The molecule has 0 aliphatic heterocycles. The summed E-state index contributed by atoms with van der Waals surface area (Å²) in [6, 6.07) is 0. The molecule has 0 saturated carbocycles. The maximum Gasteiger partial charge on any atom is 0.243 e. The first-order valence-electron chi connectivity index (χ1n) is 6.42. The largest absolute Gasteiger partial charge is 0.356 e. The Morgan fingerprint density at radius 2 is 1.83 bits per heavy atom. The van der Waals surface area contributed by atoms with Crippen molar-refractivity contribution in [2.24, 2.45) is 11.3 Å². The van der Waals surface area contributed by atoms with Crippen molar-refractivity contribution in [3.63, 3.8) is 0 Å². The van der Waals surface area contributed by atoms with Crippen LogP contribution in [0.1, 0.15) is 47.5 Å². The summed E-state index contributed by atoms with van der Waals surface area (Å²) in [5.74, 6) is 0.232. The molecule has 0 unspecified atom stereocenters. The molecule has 5 nitrogen and oxygen atoms in total. The van der Waals surface area contributed by atoms with Crippen molar-refractivity contribution in [3.8, 4) is 0 Å². The van der Waals surface area contributed by atoms with Gasteiger partial charge in [-0.2, -0.15) is 0 Å². The summed E-state index contributed by atoms with van der Waals surface area (Å²) in [4.78, 5) is 27.8. The summed E-state index contributed by atoms with van der Waals surface area (Å²) < 4.78 is 0. The van der Waals surface area contributed by atoms with Gasteiger partial charge in [-0.3, -0.25) is 14.4 Å². The van der Waals surface area contributed by atoms with E-state index >= 15 is 0 Å². The van der Waals surface area contributed by atoms with E-state index in [1.165, 1.54) is 0 Å². The lowest BCUT2D eigenvalue weighted by Crippen LogP contribution is -2.35. The van der Waals surface area contributed by atoms with Gasteiger partial charge in [0.05, 0.1) is 6.61 Å². The Morgan fingerprint density at radius 1 is 1.22 bits per heavy atom. The lowest BCUT2D eigenvalue weighted by Gasteiger charge is -2.17. The summed E-state index contributed by atoms with van der Waals surface area (Å²) in [5.41, 5.74) is 1.99.